The minimum absolute atomic E-state index is 0.0822. The minimum Gasteiger partial charge on any atom is -0.383 e. The predicted octanol–water partition coefficient (Wildman–Crippen LogP) is 2.80. The molecule has 0 aliphatic heterocycles. The van der Waals surface area contributed by atoms with Crippen LogP contribution in [0, 0.1) is 11.6 Å². The second-order valence-electron chi connectivity index (χ2n) is 3.68. The lowest BCUT2D eigenvalue weighted by Gasteiger charge is -2.19. The maximum Gasteiger partial charge on any atom is 0.401 e. The maximum absolute atomic E-state index is 13.0. The first-order valence-corrected chi connectivity index (χ1v) is 5.07. The van der Waals surface area contributed by atoms with E-state index in [0.717, 1.165) is 12.1 Å². The second kappa shape index (κ2) is 6.10. The highest BCUT2D eigenvalue weighted by atomic mass is 19.4. The van der Waals surface area contributed by atoms with Crippen LogP contribution >= 0.6 is 0 Å². The third-order valence-electron chi connectivity index (χ3n) is 2.23. The molecule has 1 rings (SSSR count). The number of ether oxygens (including phenoxy) is 1. The Morgan fingerprint density at radius 2 is 1.89 bits per heavy atom. The lowest BCUT2D eigenvalue weighted by Crippen LogP contribution is -2.34. The number of hydrogen-bond acceptors (Lipinski definition) is 2. The maximum atomic E-state index is 13.0. The topological polar surface area (TPSA) is 21.3 Å². The standard InChI is InChI=1S/C11H12F5NO/c1-18-5-10(17-6-11(14,15)16)7-2-3-8(12)9(13)4-7/h2-4,10,17H,5-6H2,1H3/t10-/m0/s1. The van der Waals surface area contributed by atoms with Crippen molar-refractivity contribution in [1.82, 2.24) is 5.32 Å². The third-order valence-corrected chi connectivity index (χ3v) is 2.23. The molecule has 0 aliphatic carbocycles. The van der Waals surface area contributed by atoms with Crippen LogP contribution in [0.1, 0.15) is 11.6 Å². The Morgan fingerprint density at radius 1 is 1.22 bits per heavy atom. The molecule has 2 nitrogen and oxygen atoms in total. The van der Waals surface area contributed by atoms with E-state index in [2.05, 4.69) is 5.32 Å². The van der Waals surface area contributed by atoms with Gasteiger partial charge in [-0.15, -0.1) is 0 Å². The number of methoxy groups -OCH3 is 1. The van der Waals surface area contributed by atoms with E-state index >= 15 is 0 Å². The predicted molar refractivity (Wildman–Crippen MR) is 55.0 cm³/mol. The van der Waals surface area contributed by atoms with Crippen LogP contribution in [0.5, 0.6) is 0 Å². The van der Waals surface area contributed by atoms with Crippen LogP contribution in [-0.2, 0) is 4.74 Å². The average molecular weight is 269 g/mol. The molecule has 7 heteroatoms. The van der Waals surface area contributed by atoms with Gasteiger partial charge in [-0.1, -0.05) is 6.07 Å². The Bertz CT molecular complexity index is 394. The number of rotatable bonds is 5. The van der Waals surface area contributed by atoms with Gasteiger partial charge in [0.15, 0.2) is 11.6 Å². The highest BCUT2D eigenvalue weighted by Crippen LogP contribution is 2.19. The van der Waals surface area contributed by atoms with E-state index in [1.54, 1.807) is 0 Å². The molecule has 0 unspecified atom stereocenters. The summed E-state index contributed by atoms with van der Waals surface area (Å²) in [4.78, 5) is 0. The zero-order valence-corrected chi connectivity index (χ0v) is 9.52. The van der Waals surface area contributed by atoms with Crippen molar-refractivity contribution in [2.75, 3.05) is 20.3 Å². The molecule has 0 aromatic heterocycles. The molecule has 1 N–H and O–H groups in total. The Hall–Kier alpha value is -1.21. The smallest absolute Gasteiger partial charge is 0.383 e. The summed E-state index contributed by atoms with van der Waals surface area (Å²) in [5.74, 6) is -2.16. The first-order valence-electron chi connectivity index (χ1n) is 5.07. The van der Waals surface area contributed by atoms with Gasteiger partial charge >= 0.3 is 6.18 Å². The van der Waals surface area contributed by atoms with Gasteiger partial charge in [0.1, 0.15) is 0 Å². The van der Waals surface area contributed by atoms with Crippen molar-refractivity contribution in [3.63, 3.8) is 0 Å². The van der Waals surface area contributed by atoms with E-state index in [-0.39, 0.29) is 12.2 Å². The van der Waals surface area contributed by atoms with Gasteiger partial charge in [0.25, 0.3) is 0 Å². The largest absolute Gasteiger partial charge is 0.401 e. The first kappa shape index (κ1) is 14.8. The van der Waals surface area contributed by atoms with Crippen molar-refractivity contribution >= 4 is 0 Å². The van der Waals surface area contributed by atoms with Gasteiger partial charge in [0.05, 0.1) is 19.2 Å². The van der Waals surface area contributed by atoms with Crippen molar-refractivity contribution in [1.29, 1.82) is 0 Å². The molecule has 18 heavy (non-hydrogen) atoms. The number of benzene rings is 1. The van der Waals surface area contributed by atoms with Crippen molar-refractivity contribution in [3.05, 3.63) is 35.4 Å². The molecule has 1 aromatic rings. The summed E-state index contributed by atoms with van der Waals surface area (Å²) in [7, 11) is 1.31. The quantitative estimate of drug-likeness (QED) is 0.830. The summed E-state index contributed by atoms with van der Waals surface area (Å²) in [5, 5.41) is 2.18. The molecule has 0 saturated heterocycles. The van der Waals surface area contributed by atoms with E-state index in [1.165, 1.54) is 13.2 Å². The fourth-order valence-electron chi connectivity index (χ4n) is 1.41. The van der Waals surface area contributed by atoms with Gasteiger partial charge in [0, 0.05) is 7.11 Å². The lowest BCUT2D eigenvalue weighted by atomic mass is 10.1. The molecule has 0 aliphatic rings. The molecular weight excluding hydrogens is 257 g/mol. The van der Waals surface area contributed by atoms with Gasteiger partial charge in [-0.25, -0.2) is 8.78 Å². The molecule has 1 aromatic carbocycles. The summed E-state index contributed by atoms with van der Waals surface area (Å²) in [6.07, 6.45) is -4.38. The van der Waals surface area contributed by atoms with E-state index in [0.29, 0.717) is 0 Å². The molecular formula is C11H12F5NO. The van der Waals surface area contributed by atoms with Crippen LogP contribution in [-0.4, -0.2) is 26.4 Å². The normalized spacial score (nSPS) is 13.7. The first-order chi connectivity index (χ1) is 8.33. The number of alkyl halides is 3. The summed E-state index contributed by atoms with van der Waals surface area (Å²) < 4.78 is 66.7. The molecule has 0 saturated carbocycles. The van der Waals surface area contributed by atoms with E-state index in [9.17, 15) is 22.0 Å². The number of hydrogen-bond donors (Lipinski definition) is 1. The summed E-state index contributed by atoms with van der Waals surface area (Å²) in [5.41, 5.74) is 0.194. The lowest BCUT2D eigenvalue weighted by molar-refractivity contribution is -0.127. The molecule has 0 bridgehead atoms. The van der Waals surface area contributed by atoms with Crippen LogP contribution in [0.15, 0.2) is 18.2 Å². The average Bonchev–Trinajstić information content (AvgIpc) is 2.27. The molecule has 0 spiro atoms. The summed E-state index contributed by atoms with van der Waals surface area (Å²) in [6.45, 7) is -1.32. The van der Waals surface area contributed by atoms with Gasteiger partial charge in [0.2, 0.25) is 0 Å². The van der Waals surface area contributed by atoms with Crippen molar-refractivity contribution in [2.24, 2.45) is 0 Å². The summed E-state index contributed by atoms with van der Waals surface area (Å²) >= 11 is 0. The Morgan fingerprint density at radius 3 is 2.39 bits per heavy atom. The van der Waals surface area contributed by atoms with Gasteiger partial charge < -0.3 is 4.74 Å². The fraction of sp³-hybridized carbons (Fsp3) is 0.455. The van der Waals surface area contributed by atoms with Crippen LogP contribution in [0.25, 0.3) is 0 Å². The van der Waals surface area contributed by atoms with Gasteiger partial charge in [-0.2, -0.15) is 13.2 Å². The molecule has 0 radical (unpaired) electrons. The van der Waals surface area contributed by atoms with Crippen molar-refractivity contribution in [3.8, 4) is 0 Å². The van der Waals surface area contributed by atoms with Crippen LogP contribution in [0.2, 0.25) is 0 Å². The molecule has 0 fully saturated rings. The molecule has 0 heterocycles. The highest BCUT2D eigenvalue weighted by Gasteiger charge is 2.28. The Balaban J connectivity index is 2.80. The zero-order valence-electron chi connectivity index (χ0n) is 9.52. The van der Waals surface area contributed by atoms with Crippen LogP contribution in [0.3, 0.4) is 0 Å². The Kier molecular flexibility index (Phi) is 5.03. The van der Waals surface area contributed by atoms with Crippen LogP contribution < -0.4 is 5.32 Å². The molecule has 0 amide bonds. The Labute approximate surface area is 101 Å². The van der Waals surface area contributed by atoms with Crippen LogP contribution in [0.4, 0.5) is 22.0 Å². The van der Waals surface area contributed by atoms with E-state index in [1.807, 2.05) is 0 Å². The molecule has 102 valence electrons. The third kappa shape index (κ3) is 4.58. The number of nitrogens with one attached hydrogen (secondary N) is 1. The number of halogens is 5. The highest BCUT2D eigenvalue weighted by molar-refractivity contribution is 5.21. The monoisotopic (exact) mass is 269 g/mol. The van der Waals surface area contributed by atoms with Crippen molar-refractivity contribution < 1.29 is 26.7 Å². The minimum atomic E-state index is -4.38. The summed E-state index contributed by atoms with van der Waals surface area (Å²) in [6, 6.07) is 2.07. The van der Waals surface area contributed by atoms with E-state index in [4.69, 9.17) is 4.74 Å². The van der Waals surface area contributed by atoms with Crippen molar-refractivity contribution in [2.45, 2.75) is 12.2 Å². The zero-order chi connectivity index (χ0) is 13.8. The van der Waals surface area contributed by atoms with E-state index < -0.39 is 30.4 Å². The van der Waals surface area contributed by atoms with Gasteiger partial charge in [-0.05, 0) is 17.7 Å². The van der Waals surface area contributed by atoms with Gasteiger partial charge in [-0.3, -0.25) is 5.32 Å². The SMILES string of the molecule is COC[C@H](NCC(F)(F)F)c1ccc(F)c(F)c1. The fourth-order valence-corrected chi connectivity index (χ4v) is 1.41. The molecule has 1 atom stereocenters. The second-order valence-corrected chi connectivity index (χ2v) is 3.68.